The highest BCUT2D eigenvalue weighted by Crippen LogP contribution is 2.19. The van der Waals surface area contributed by atoms with Crippen LogP contribution in [0.2, 0.25) is 0 Å². The normalized spacial score (nSPS) is 9.72. The van der Waals surface area contributed by atoms with E-state index in [1.54, 1.807) is 24.3 Å². The second-order valence-corrected chi connectivity index (χ2v) is 8.00. The molecule has 0 aliphatic rings. The fourth-order valence-corrected chi connectivity index (χ4v) is 3.03. The van der Waals surface area contributed by atoms with E-state index in [4.69, 9.17) is 10.0 Å². The predicted molar refractivity (Wildman–Crippen MR) is 143 cm³/mol. The van der Waals surface area contributed by atoms with Crippen LogP contribution in [0.15, 0.2) is 65.7 Å². The van der Waals surface area contributed by atoms with Gasteiger partial charge in [0.05, 0.1) is 25.3 Å². The van der Waals surface area contributed by atoms with Gasteiger partial charge >= 0.3 is 30.7 Å². The maximum Gasteiger partial charge on any atom is 0.488 e. The zero-order valence-electron chi connectivity index (χ0n) is 20.7. The number of hydrogen-bond acceptors (Lipinski definition) is 12. The number of nitrogens with zero attached hydrogens (tertiary/aromatic N) is 4. The van der Waals surface area contributed by atoms with E-state index in [0.29, 0.717) is 32.7 Å². The van der Waals surface area contributed by atoms with E-state index in [2.05, 4.69) is 45.3 Å². The van der Waals surface area contributed by atoms with Crippen LogP contribution in [0.1, 0.15) is 20.7 Å². The molecule has 208 valence electrons. The van der Waals surface area contributed by atoms with Gasteiger partial charge in [0.1, 0.15) is 12.4 Å². The van der Waals surface area contributed by atoms with Gasteiger partial charge in [-0.25, -0.2) is 29.5 Å². The van der Waals surface area contributed by atoms with Crippen molar-refractivity contribution in [2.24, 2.45) is 0 Å². The molecule has 0 saturated heterocycles. The number of H-pyrrole nitrogens is 2. The number of halogens is 1. The lowest BCUT2D eigenvalue weighted by Gasteiger charge is -2.01. The van der Waals surface area contributed by atoms with Gasteiger partial charge in [-0.15, -0.1) is 0 Å². The first-order valence-electron chi connectivity index (χ1n) is 10.7. The number of rotatable bonds is 6. The molecular formula is C22H20BBrN6O10. The van der Waals surface area contributed by atoms with Gasteiger partial charge in [-0.1, -0.05) is 12.1 Å². The van der Waals surface area contributed by atoms with Crippen LogP contribution >= 0.6 is 15.9 Å². The number of aromatic amines is 2. The van der Waals surface area contributed by atoms with E-state index < -0.39 is 28.9 Å². The minimum atomic E-state index is -1.51. The quantitative estimate of drug-likeness (QED) is 0.105. The molecule has 0 unspecified atom stereocenters. The lowest BCUT2D eigenvalue weighted by Crippen LogP contribution is -2.29. The summed E-state index contributed by atoms with van der Waals surface area (Å²) in [5.41, 5.74) is 1.78. The summed E-state index contributed by atoms with van der Waals surface area (Å²) in [6.45, 7) is 0. The van der Waals surface area contributed by atoms with E-state index in [-0.39, 0.29) is 11.6 Å². The van der Waals surface area contributed by atoms with Crippen molar-refractivity contribution in [3.8, 4) is 11.4 Å². The van der Waals surface area contributed by atoms with E-state index in [0.717, 1.165) is 12.4 Å². The summed E-state index contributed by atoms with van der Waals surface area (Å²) in [5, 5.41) is 37.9. The van der Waals surface area contributed by atoms with Gasteiger partial charge in [0.2, 0.25) is 5.82 Å². The number of ether oxygens (including phenoxy) is 2. The third-order valence-electron chi connectivity index (χ3n) is 4.70. The topological polar surface area (TPSA) is 237 Å². The van der Waals surface area contributed by atoms with Crippen molar-refractivity contribution in [2.45, 2.75) is 0 Å². The van der Waals surface area contributed by atoms with Gasteiger partial charge in [-0.05, 0) is 51.7 Å². The average molecular weight is 619 g/mol. The number of benzene rings is 2. The van der Waals surface area contributed by atoms with Crippen molar-refractivity contribution < 1.29 is 39.0 Å². The Hall–Kier alpha value is -4.94. The first-order valence-corrected chi connectivity index (χ1v) is 11.5. The van der Waals surface area contributed by atoms with Gasteiger partial charge in [-0.2, -0.15) is 0 Å². The minimum absolute atomic E-state index is 0.109. The maximum absolute atomic E-state index is 11.2. The molecule has 0 saturated carbocycles. The number of hydrogen-bond donors (Lipinski definition) is 4. The molecule has 0 atom stereocenters. The van der Waals surface area contributed by atoms with Crippen LogP contribution in [0.25, 0.3) is 11.4 Å². The Bertz CT molecular complexity index is 1460. The van der Waals surface area contributed by atoms with Gasteiger partial charge < -0.3 is 39.8 Å². The molecule has 2 aromatic carbocycles. The van der Waals surface area contributed by atoms with Crippen LogP contribution in [0.4, 0.5) is 11.6 Å². The highest BCUT2D eigenvalue weighted by atomic mass is 79.9. The summed E-state index contributed by atoms with van der Waals surface area (Å²) in [6.07, 6.45) is 2.29. The van der Waals surface area contributed by atoms with Crippen molar-refractivity contribution in [3.63, 3.8) is 0 Å². The van der Waals surface area contributed by atoms with Crippen LogP contribution in [0.3, 0.4) is 0 Å². The van der Waals surface area contributed by atoms with E-state index in [9.17, 15) is 29.8 Å². The molecule has 4 N–H and O–H groups in total. The zero-order chi connectivity index (χ0) is 29.8. The molecule has 0 aliphatic heterocycles. The number of imidazole rings is 2. The van der Waals surface area contributed by atoms with E-state index >= 15 is 0 Å². The van der Waals surface area contributed by atoms with Gasteiger partial charge in [0.25, 0.3) is 4.73 Å². The molecule has 0 spiro atoms. The van der Waals surface area contributed by atoms with Crippen molar-refractivity contribution in [3.05, 3.63) is 97.0 Å². The predicted octanol–water partition coefficient (Wildman–Crippen LogP) is 2.00. The van der Waals surface area contributed by atoms with Crippen molar-refractivity contribution in [1.29, 1.82) is 0 Å². The molecule has 16 nitrogen and oxygen atoms in total. The fourth-order valence-electron chi connectivity index (χ4n) is 2.72. The van der Waals surface area contributed by atoms with Gasteiger partial charge in [0.15, 0.2) is 0 Å². The molecule has 4 aromatic rings. The molecule has 0 radical (unpaired) electrons. The molecule has 4 rings (SSSR count). The first-order chi connectivity index (χ1) is 19.0. The fraction of sp³-hybridized carbons (Fsp3) is 0.0909. The van der Waals surface area contributed by atoms with Crippen LogP contribution in [-0.2, 0) is 9.47 Å². The van der Waals surface area contributed by atoms with Crippen molar-refractivity contribution >= 4 is 52.1 Å². The molecule has 40 heavy (non-hydrogen) atoms. The summed E-state index contributed by atoms with van der Waals surface area (Å²) >= 11 is 2.93. The standard InChI is InChI=1S/C11H9N3O4.C8H9BO4.C3H2BrN3O2/c1-18-11(15)8-4-2-7(3-5-8)10-12-6-9(13-10)14(16)17;1-13-8(10)6-2-4-7(5-3-6)9(11)12;4-3-5-1-2(6-3)7(8)9/h2-6H,1H3,(H,12,13);2-5,11-12H,1H3;1H,(H,5,6). The summed E-state index contributed by atoms with van der Waals surface area (Å²) in [5.74, 6) is -0.798. The third-order valence-corrected chi connectivity index (χ3v) is 5.10. The van der Waals surface area contributed by atoms with Crippen LogP contribution in [-0.4, -0.2) is 73.1 Å². The van der Waals surface area contributed by atoms with E-state index in [1.165, 1.54) is 38.5 Å². The third kappa shape index (κ3) is 9.12. The molecule has 18 heteroatoms. The average Bonchev–Trinajstić information content (AvgIpc) is 3.63. The number of carbonyl (C=O) groups excluding carboxylic acids is 2. The smallest absolute Gasteiger partial charge is 0.465 e. The number of carbonyl (C=O) groups is 2. The Kier molecular flexibility index (Phi) is 11.6. The summed E-state index contributed by atoms with van der Waals surface area (Å²) in [4.78, 5) is 53.9. The molecule has 2 heterocycles. The maximum atomic E-state index is 11.2. The monoisotopic (exact) mass is 618 g/mol. The summed E-state index contributed by atoms with van der Waals surface area (Å²) in [7, 11) is 1.08. The Labute approximate surface area is 233 Å². The number of aromatic nitrogens is 4. The van der Waals surface area contributed by atoms with E-state index in [1.807, 2.05) is 0 Å². The largest absolute Gasteiger partial charge is 0.488 e. The Balaban J connectivity index is 0.000000224. The Morgan fingerprint density at radius 2 is 1.27 bits per heavy atom. The van der Waals surface area contributed by atoms with Gasteiger partial charge in [0, 0.05) is 21.5 Å². The Morgan fingerprint density at radius 1 is 0.825 bits per heavy atom. The molecule has 0 fully saturated rings. The number of nitrogens with one attached hydrogen (secondary N) is 2. The Morgan fingerprint density at radius 3 is 1.62 bits per heavy atom. The summed E-state index contributed by atoms with van der Waals surface area (Å²) in [6, 6.07) is 12.3. The van der Waals surface area contributed by atoms with Crippen LogP contribution < -0.4 is 5.46 Å². The van der Waals surface area contributed by atoms with Gasteiger partial charge in [-0.3, -0.25) is 0 Å². The molecule has 0 amide bonds. The second kappa shape index (κ2) is 14.9. The lowest BCUT2D eigenvalue weighted by atomic mass is 9.80. The van der Waals surface area contributed by atoms with Crippen LogP contribution in [0.5, 0.6) is 0 Å². The van der Waals surface area contributed by atoms with Crippen molar-refractivity contribution in [2.75, 3.05) is 14.2 Å². The highest BCUT2D eigenvalue weighted by Gasteiger charge is 2.13. The zero-order valence-corrected chi connectivity index (χ0v) is 22.3. The first kappa shape index (κ1) is 31.3. The summed E-state index contributed by atoms with van der Waals surface area (Å²) < 4.78 is 9.41. The molecule has 2 aromatic heterocycles. The SMILES string of the molecule is COC(=O)c1ccc(-c2ncc([N+](=O)[O-])[nH]2)cc1.COC(=O)c1ccc(B(O)O)cc1.O=[N+]([O-])c1cnc(Br)[nH]1. The van der Waals surface area contributed by atoms with Crippen LogP contribution in [0, 0.1) is 20.2 Å². The highest BCUT2D eigenvalue weighted by molar-refractivity contribution is 9.10. The molecule has 0 aliphatic carbocycles. The minimum Gasteiger partial charge on any atom is -0.465 e. The van der Waals surface area contributed by atoms with Crippen molar-refractivity contribution in [1.82, 2.24) is 19.9 Å². The number of esters is 2. The molecular weight excluding hydrogens is 599 g/mol. The number of methoxy groups -OCH3 is 2. The molecule has 0 bridgehead atoms. The second-order valence-electron chi connectivity index (χ2n) is 7.25. The number of nitro groups is 2. The lowest BCUT2D eigenvalue weighted by molar-refractivity contribution is -0.389.